The van der Waals surface area contributed by atoms with Gasteiger partial charge in [-0.15, -0.1) is 0 Å². The Balaban J connectivity index is 1.53. The van der Waals surface area contributed by atoms with E-state index in [0.717, 1.165) is 25.2 Å². The lowest BCUT2D eigenvalue weighted by Gasteiger charge is -2.28. The minimum absolute atomic E-state index is 0.0546. The summed E-state index contributed by atoms with van der Waals surface area (Å²) in [5.74, 6) is 0.502. The molecule has 3 aromatic carbocycles. The van der Waals surface area contributed by atoms with Gasteiger partial charge < -0.3 is 4.90 Å². The maximum atomic E-state index is 13.3. The number of hydrogen-bond acceptors (Lipinski definition) is 2. The Bertz CT molecular complexity index is 1060. The minimum Gasteiger partial charge on any atom is -0.338 e. The Morgan fingerprint density at radius 2 is 1.45 bits per heavy atom. The van der Waals surface area contributed by atoms with E-state index in [2.05, 4.69) is 67.3 Å². The van der Waals surface area contributed by atoms with Gasteiger partial charge in [-0.1, -0.05) is 71.8 Å². The van der Waals surface area contributed by atoms with Gasteiger partial charge in [0.2, 0.25) is 5.91 Å². The summed E-state index contributed by atoms with van der Waals surface area (Å²) in [6.07, 6.45) is 0. The van der Waals surface area contributed by atoms with Crippen LogP contribution < -0.4 is 0 Å². The van der Waals surface area contributed by atoms with Gasteiger partial charge in [0, 0.05) is 45.6 Å². The summed E-state index contributed by atoms with van der Waals surface area (Å²) in [6.45, 7) is 9.88. The molecule has 0 aromatic heterocycles. The van der Waals surface area contributed by atoms with Crippen LogP contribution in [0.25, 0.3) is 0 Å². The van der Waals surface area contributed by atoms with E-state index >= 15 is 0 Å². The van der Waals surface area contributed by atoms with Gasteiger partial charge in [0.15, 0.2) is 0 Å². The van der Waals surface area contributed by atoms with E-state index in [1.54, 1.807) is 19.1 Å². The second kappa shape index (κ2) is 10.3. The van der Waals surface area contributed by atoms with Gasteiger partial charge in [-0.2, -0.15) is 0 Å². The Kier molecular flexibility index (Phi) is 7.24. The molecule has 0 spiro atoms. The predicted molar refractivity (Wildman–Crippen MR) is 131 cm³/mol. The number of rotatable bonds is 7. The van der Waals surface area contributed by atoms with E-state index in [1.165, 1.54) is 34.4 Å². The number of likely N-dealkylation sites (tertiary alicyclic amines) is 1. The van der Waals surface area contributed by atoms with Crippen LogP contribution in [0.2, 0.25) is 0 Å². The van der Waals surface area contributed by atoms with Crippen molar-refractivity contribution in [1.29, 1.82) is 0 Å². The molecule has 33 heavy (non-hydrogen) atoms. The summed E-state index contributed by atoms with van der Waals surface area (Å²) < 4.78 is 13.3. The van der Waals surface area contributed by atoms with Crippen molar-refractivity contribution in [3.8, 4) is 0 Å². The monoisotopic (exact) mass is 444 g/mol. The summed E-state index contributed by atoms with van der Waals surface area (Å²) in [6, 6.07) is 24.0. The Hall–Kier alpha value is -2.98. The molecule has 0 bridgehead atoms. The van der Waals surface area contributed by atoms with Crippen LogP contribution in [-0.2, 0) is 17.9 Å². The number of hydrogen-bond donors (Lipinski definition) is 0. The highest BCUT2D eigenvalue weighted by atomic mass is 19.1. The molecular formula is C29H33FN2O. The van der Waals surface area contributed by atoms with Crippen LogP contribution in [0.5, 0.6) is 0 Å². The Morgan fingerprint density at radius 1 is 0.879 bits per heavy atom. The molecule has 3 aromatic rings. The van der Waals surface area contributed by atoms with Crippen molar-refractivity contribution < 1.29 is 9.18 Å². The number of amides is 1. The van der Waals surface area contributed by atoms with Crippen LogP contribution in [0, 0.1) is 25.6 Å². The van der Waals surface area contributed by atoms with E-state index in [9.17, 15) is 9.18 Å². The number of benzene rings is 3. The number of carbonyl (C=O) groups excluding carboxylic acids is 1. The SMILES string of the molecule is CC(=O)N(Cc1ccc(F)cc1)CC1CN(Cc2ccc(C)cc2)CC1c1ccc(C)cc1. The van der Waals surface area contributed by atoms with Crippen molar-refractivity contribution in [2.75, 3.05) is 19.6 Å². The average Bonchev–Trinajstić information content (AvgIpc) is 3.19. The molecule has 1 fully saturated rings. The molecule has 1 aliphatic rings. The fraction of sp³-hybridized carbons (Fsp3) is 0.345. The number of halogens is 1. The van der Waals surface area contributed by atoms with Crippen molar-refractivity contribution in [2.24, 2.45) is 5.92 Å². The van der Waals surface area contributed by atoms with Crippen molar-refractivity contribution in [3.05, 3.63) is 106 Å². The first-order valence-corrected chi connectivity index (χ1v) is 11.7. The second-order valence-electron chi connectivity index (χ2n) is 9.48. The third-order valence-electron chi connectivity index (χ3n) is 6.74. The first kappa shape index (κ1) is 23.2. The predicted octanol–water partition coefficient (Wildman–Crippen LogP) is 5.71. The summed E-state index contributed by atoms with van der Waals surface area (Å²) in [5.41, 5.74) is 6.13. The molecule has 1 heterocycles. The molecule has 172 valence electrons. The molecule has 0 aliphatic carbocycles. The fourth-order valence-corrected chi connectivity index (χ4v) is 4.82. The summed E-state index contributed by atoms with van der Waals surface area (Å²) >= 11 is 0. The molecule has 4 rings (SSSR count). The van der Waals surface area contributed by atoms with Gasteiger partial charge in [0.25, 0.3) is 0 Å². The van der Waals surface area contributed by atoms with Crippen LogP contribution >= 0.6 is 0 Å². The molecule has 0 radical (unpaired) electrons. The molecule has 1 saturated heterocycles. The van der Waals surface area contributed by atoms with E-state index in [-0.39, 0.29) is 11.7 Å². The average molecular weight is 445 g/mol. The molecule has 1 amide bonds. The highest BCUT2D eigenvalue weighted by Crippen LogP contribution is 2.34. The molecular weight excluding hydrogens is 411 g/mol. The maximum Gasteiger partial charge on any atom is 0.219 e. The van der Waals surface area contributed by atoms with Crippen LogP contribution in [0.3, 0.4) is 0 Å². The van der Waals surface area contributed by atoms with E-state index < -0.39 is 0 Å². The lowest BCUT2D eigenvalue weighted by Crippen LogP contribution is -2.35. The van der Waals surface area contributed by atoms with Crippen LogP contribution in [-0.4, -0.2) is 35.3 Å². The third-order valence-corrected chi connectivity index (χ3v) is 6.74. The number of aryl methyl sites for hydroxylation is 2. The summed E-state index contributed by atoms with van der Waals surface area (Å²) in [5, 5.41) is 0. The fourth-order valence-electron chi connectivity index (χ4n) is 4.82. The lowest BCUT2D eigenvalue weighted by atomic mass is 9.88. The number of nitrogens with zero attached hydrogens (tertiary/aromatic N) is 2. The lowest BCUT2D eigenvalue weighted by molar-refractivity contribution is -0.130. The zero-order valence-corrected chi connectivity index (χ0v) is 19.8. The molecule has 4 heteroatoms. The van der Waals surface area contributed by atoms with Gasteiger partial charge in [-0.05, 0) is 48.6 Å². The second-order valence-corrected chi connectivity index (χ2v) is 9.48. The highest BCUT2D eigenvalue weighted by Gasteiger charge is 2.35. The summed E-state index contributed by atoms with van der Waals surface area (Å²) in [7, 11) is 0. The molecule has 3 nitrogen and oxygen atoms in total. The quantitative estimate of drug-likeness (QED) is 0.466. The van der Waals surface area contributed by atoms with E-state index in [1.807, 2.05) is 4.90 Å². The number of carbonyl (C=O) groups is 1. The van der Waals surface area contributed by atoms with Crippen LogP contribution in [0.4, 0.5) is 4.39 Å². The molecule has 2 unspecified atom stereocenters. The molecule has 0 saturated carbocycles. The highest BCUT2D eigenvalue weighted by molar-refractivity contribution is 5.73. The molecule has 2 atom stereocenters. The van der Waals surface area contributed by atoms with Gasteiger partial charge in [-0.3, -0.25) is 9.69 Å². The van der Waals surface area contributed by atoms with Gasteiger partial charge in [0.1, 0.15) is 5.82 Å². The van der Waals surface area contributed by atoms with Crippen molar-refractivity contribution in [2.45, 2.75) is 39.8 Å². The zero-order chi connectivity index (χ0) is 23.4. The summed E-state index contributed by atoms with van der Waals surface area (Å²) in [4.78, 5) is 17.0. The topological polar surface area (TPSA) is 23.6 Å². The van der Waals surface area contributed by atoms with Crippen LogP contribution in [0.15, 0.2) is 72.8 Å². The minimum atomic E-state index is -0.255. The third kappa shape index (κ3) is 6.08. The van der Waals surface area contributed by atoms with E-state index in [0.29, 0.717) is 24.9 Å². The standard InChI is InChI=1S/C29H33FN2O/c1-21-4-8-24(9-5-21)16-31-18-27(29(20-31)26-12-6-22(2)7-13-26)19-32(23(3)33)17-25-10-14-28(30)15-11-25/h4-15,27,29H,16-20H2,1-3H3. The normalized spacial score (nSPS) is 18.4. The first-order valence-electron chi connectivity index (χ1n) is 11.7. The smallest absolute Gasteiger partial charge is 0.219 e. The Labute approximate surface area is 196 Å². The zero-order valence-electron chi connectivity index (χ0n) is 19.8. The van der Waals surface area contributed by atoms with Crippen molar-refractivity contribution >= 4 is 5.91 Å². The maximum absolute atomic E-state index is 13.3. The van der Waals surface area contributed by atoms with Crippen LogP contribution in [0.1, 0.15) is 40.7 Å². The van der Waals surface area contributed by atoms with Gasteiger partial charge in [0.05, 0.1) is 0 Å². The van der Waals surface area contributed by atoms with Crippen molar-refractivity contribution in [3.63, 3.8) is 0 Å². The van der Waals surface area contributed by atoms with Gasteiger partial charge in [-0.25, -0.2) is 4.39 Å². The van der Waals surface area contributed by atoms with Gasteiger partial charge >= 0.3 is 0 Å². The first-order chi connectivity index (χ1) is 15.9. The Morgan fingerprint density at radius 3 is 2.06 bits per heavy atom. The molecule has 1 aliphatic heterocycles. The molecule has 0 N–H and O–H groups in total. The van der Waals surface area contributed by atoms with Crippen molar-refractivity contribution in [1.82, 2.24) is 9.80 Å². The van der Waals surface area contributed by atoms with E-state index in [4.69, 9.17) is 0 Å². The largest absolute Gasteiger partial charge is 0.338 e.